The number of hydrogen-bond acceptors (Lipinski definition) is 3. The first kappa shape index (κ1) is 10.1. The van der Waals surface area contributed by atoms with Gasteiger partial charge in [-0.3, -0.25) is 4.79 Å². The number of nitrogens with two attached hydrogens (primary N) is 2. The van der Waals surface area contributed by atoms with Crippen LogP contribution in [0.2, 0.25) is 0 Å². The van der Waals surface area contributed by atoms with Gasteiger partial charge in [0.15, 0.2) is 5.96 Å². The topological polar surface area (TPSA) is 115 Å². The molecule has 0 saturated carbocycles. The standard InChI is InChI=1S/C8H11N3O3/c9-8(10)11-5(4-7(12)13)6-2-1-3-14-6/h1-3,5H,4H2,(H,12,13)(H4,9,10,11). The molecule has 76 valence electrons. The summed E-state index contributed by atoms with van der Waals surface area (Å²) in [5, 5.41) is 8.60. The first-order chi connectivity index (χ1) is 6.59. The molecule has 1 unspecified atom stereocenters. The molecular weight excluding hydrogens is 186 g/mol. The van der Waals surface area contributed by atoms with Gasteiger partial charge in [0.05, 0.1) is 12.7 Å². The molecule has 0 saturated heterocycles. The second-order valence-electron chi connectivity index (χ2n) is 2.68. The van der Waals surface area contributed by atoms with Crippen LogP contribution in [0.25, 0.3) is 0 Å². The number of carbonyl (C=O) groups is 1. The van der Waals surface area contributed by atoms with E-state index in [4.69, 9.17) is 21.0 Å². The SMILES string of the molecule is NC(N)=NC(CC(=O)O)c1ccco1. The Balaban J connectivity index is 2.83. The zero-order chi connectivity index (χ0) is 10.6. The first-order valence-electron chi connectivity index (χ1n) is 3.93. The van der Waals surface area contributed by atoms with E-state index in [2.05, 4.69) is 4.99 Å². The Hall–Kier alpha value is -1.98. The maximum absolute atomic E-state index is 10.5. The summed E-state index contributed by atoms with van der Waals surface area (Å²) in [5.74, 6) is -0.718. The predicted molar refractivity (Wildman–Crippen MR) is 49.5 cm³/mol. The number of aliphatic carboxylic acids is 1. The second kappa shape index (κ2) is 4.31. The highest BCUT2D eigenvalue weighted by Gasteiger charge is 2.17. The number of carboxylic acid groups (broad SMARTS) is 1. The number of aliphatic imine (C=N–C) groups is 1. The predicted octanol–water partition coefficient (Wildman–Crippen LogP) is 0.0688. The van der Waals surface area contributed by atoms with Gasteiger partial charge in [-0.05, 0) is 12.1 Å². The summed E-state index contributed by atoms with van der Waals surface area (Å²) in [5.41, 5.74) is 10.3. The van der Waals surface area contributed by atoms with Crippen molar-refractivity contribution in [2.75, 3.05) is 0 Å². The molecule has 0 radical (unpaired) electrons. The number of hydrogen-bond donors (Lipinski definition) is 3. The summed E-state index contributed by atoms with van der Waals surface area (Å²) >= 11 is 0. The number of rotatable bonds is 4. The van der Waals surface area contributed by atoms with E-state index in [-0.39, 0.29) is 12.4 Å². The van der Waals surface area contributed by atoms with Gasteiger partial charge in [0.25, 0.3) is 0 Å². The van der Waals surface area contributed by atoms with Crippen LogP contribution in [-0.4, -0.2) is 17.0 Å². The number of furan rings is 1. The van der Waals surface area contributed by atoms with Gasteiger partial charge in [-0.15, -0.1) is 0 Å². The molecule has 6 heteroatoms. The number of nitrogens with zero attached hydrogens (tertiary/aromatic N) is 1. The zero-order valence-electron chi connectivity index (χ0n) is 7.38. The van der Waals surface area contributed by atoms with Crippen molar-refractivity contribution >= 4 is 11.9 Å². The van der Waals surface area contributed by atoms with Crippen LogP contribution in [0.3, 0.4) is 0 Å². The maximum Gasteiger partial charge on any atom is 0.306 e. The van der Waals surface area contributed by atoms with Crippen molar-refractivity contribution in [1.29, 1.82) is 0 Å². The molecule has 1 heterocycles. The third-order valence-corrected chi connectivity index (χ3v) is 1.54. The van der Waals surface area contributed by atoms with E-state index < -0.39 is 12.0 Å². The van der Waals surface area contributed by atoms with Gasteiger partial charge in [-0.1, -0.05) is 0 Å². The van der Waals surface area contributed by atoms with Crippen molar-refractivity contribution < 1.29 is 14.3 Å². The monoisotopic (exact) mass is 197 g/mol. The summed E-state index contributed by atoms with van der Waals surface area (Å²) in [6.07, 6.45) is 1.23. The molecule has 6 nitrogen and oxygen atoms in total. The van der Waals surface area contributed by atoms with Crippen LogP contribution < -0.4 is 11.5 Å². The molecule has 5 N–H and O–H groups in total. The fraction of sp³-hybridized carbons (Fsp3) is 0.250. The van der Waals surface area contributed by atoms with Crippen molar-refractivity contribution in [2.45, 2.75) is 12.5 Å². The highest BCUT2D eigenvalue weighted by Crippen LogP contribution is 2.21. The maximum atomic E-state index is 10.5. The van der Waals surface area contributed by atoms with Crippen molar-refractivity contribution in [3.05, 3.63) is 24.2 Å². The van der Waals surface area contributed by atoms with Gasteiger partial charge in [0, 0.05) is 0 Å². The largest absolute Gasteiger partial charge is 0.481 e. The van der Waals surface area contributed by atoms with Gasteiger partial charge < -0.3 is 21.0 Å². The number of guanidine groups is 1. The minimum Gasteiger partial charge on any atom is -0.481 e. The van der Waals surface area contributed by atoms with E-state index in [1.54, 1.807) is 12.1 Å². The molecule has 0 aliphatic heterocycles. The molecule has 0 fully saturated rings. The van der Waals surface area contributed by atoms with Gasteiger partial charge in [0.1, 0.15) is 11.8 Å². The highest BCUT2D eigenvalue weighted by atomic mass is 16.4. The lowest BCUT2D eigenvalue weighted by atomic mass is 10.1. The van der Waals surface area contributed by atoms with Crippen molar-refractivity contribution in [2.24, 2.45) is 16.5 Å². The Morgan fingerprint density at radius 3 is 2.79 bits per heavy atom. The van der Waals surface area contributed by atoms with Crippen LogP contribution in [0.1, 0.15) is 18.2 Å². The van der Waals surface area contributed by atoms with Gasteiger partial charge in [-0.2, -0.15) is 0 Å². The quantitative estimate of drug-likeness (QED) is 0.466. The lowest BCUT2D eigenvalue weighted by Gasteiger charge is -2.06. The molecule has 0 aliphatic carbocycles. The Bertz CT molecular complexity index is 328. The van der Waals surface area contributed by atoms with Crippen LogP contribution in [0.15, 0.2) is 27.8 Å². The van der Waals surface area contributed by atoms with Crippen LogP contribution in [0, 0.1) is 0 Å². The molecule has 1 atom stereocenters. The molecule has 1 aromatic heterocycles. The van der Waals surface area contributed by atoms with Crippen molar-refractivity contribution in [1.82, 2.24) is 0 Å². The van der Waals surface area contributed by atoms with Gasteiger partial charge in [0.2, 0.25) is 0 Å². The minimum atomic E-state index is -0.989. The minimum absolute atomic E-state index is 0.160. The lowest BCUT2D eigenvalue weighted by Crippen LogP contribution is -2.24. The second-order valence-corrected chi connectivity index (χ2v) is 2.68. The van der Waals surface area contributed by atoms with Gasteiger partial charge in [-0.25, -0.2) is 4.99 Å². The molecule has 14 heavy (non-hydrogen) atoms. The van der Waals surface area contributed by atoms with E-state index in [1.807, 2.05) is 0 Å². The third-order valence-electron chi connectivity index (χ3n) is 1.54. The molecule has 0 aromatic carbocycles. The molecule has 0 bridgehead atoms. The molecule has 1 aromatic rings. The fourth-order valence-electron chi connectivity index (χ4n) is 1.04. The number of carboxylic acids is 1. The van der Waals surface area contributed by atoms with E-state index >= 15 is 0 Å². The van der Waals surface area contributed by atoms with Crippen LogP contribution in [0.4, 0.5) is 0 Å². The average molecular weight is 197 g/mol. The van der Waals surface area contributed by atoms with E-state index in [1.165, 1.54) is 6.26 Å². The first-order valence-corrected chi connectivity index (χ1v) is 3.93. The Kier molecular flexibility index (Phi) is 3.11. The Morgan fingerprint density at radius 1 is 1.64 bits per heavy atom. The summed E-state index contributed by atoms with van der Waals surface area (Å²) in [7, 11) is 0. The zero-order valence-corrected chi connectivity index (χ0v) is 7.38. The van der Waals surface area contributed by atoms with Crippen LogP contribution in [0.5, 0.6) is 0 Å². The third kappa shape index (κ3) is 2.81. The fourth-order valence-corrected chi connectivity index (χ4v) is 1.04. The summed E-state index contributed by atoms with van der Waals surface area (Å²) < 4.78 is 5.02. The Morgan fingerprint density at radius 2 is 2.36 bits per heavy atom. The van der Waals surface area contributed by atoms with Crippen molar-refractivity contribution in [3.63, 3.8) is 0 Å². The van der Waals surface area contributed by atoms with E-state index in [0.29, 0.717) is 5.76 Å². The van der Waals surface area contributed by atoms with Gasteiger partial charge >= 0.3 is 5.97 Å². The lowest BCUT2D eigenvalue weighted by molar-refractivity contribution is -0.137. The van der Waals surface area contributed by atoms with E-state index in [0.717, 1.165) is 0 Å². The summed E-state index contributed by atoms with van der Waals surface area (Å²) in [6.45, 7) is 0. The highest BCUT2D eigenvalue weighted by molar-refractivity contribution is 5.76. The Labute approximate surface area is 80.2 Å². The molecule has 1 rings (SSSR count). The molecular formula is C8H11N3O3. The van der Waals surface area contributed by atoms with Crippen molar-refractivity contribution in [3.8, 4) is 0 Å². The normalized spacial score (nSPS) is 12.0. The van der Waals surface area contributed by atoms with Crippen LogP contribution >= 0.6 is 0 Å². The van der Waals surface area contributed by atoms with E-state index in [9.17, 15) is 4.79 Å². The molecule has 0 aliphatic rings. The molecule has 0 amide bonds. The summed E-state index contributed by atoms with van der Waals surface area (Å²) in [4.78, 5) is 14.3. The smallest absolute Gasteiger partial charge is 0.306 e. The molecule has 0 spiro atoms. The summed E-state index contributed by atoms with van der Waals surface area (Å²) in [6, 6.07) is 2.61. The average Bonchev–Trinajstić information content (AvgIpc) is 2.52. The van der Waals surface area contributed by atoms with Crippen LogP contribution in [-0.2, 0) is 4.79 Å².